The molecule has 0 unspecified atom stereocenters. The molecular formula is C6H9F3N2. The van der Waals surface area contributed by atoms with Crippen LogP contribution in [-0.4, -0.2) is 12.9 Å². The third-order valence-corrected chi connectivity index (χ3v) is 0.895. The molecule has 0 bridgehead atoms. The second-order valence-corrected chi connectivity index (χ2v) is 1.98. The van der Waals surface area contributed by atoms with Crippen molar-refractivity contribution in [3.63, 3.8) is 0 Å². The summed E-state index contributed by atoms with van der Waals surface area (Å²) in [7, 11) is 0. The lowest BCUT2D eigenvalue weighted by atomic mass is 10.3. The molecule has 0 spiro atoms. The van der Waals surface area contributed by atoms with Crippen molar-refractivity contribution >= 4 is 6.72 Å². The van der Waals surface area contributed by atoms with Crippen LogP contribution in [0, 0.1) is 0 Å². The summed E-state index contributed by atoms with van der Waals surface area (Å²) in [5.41, 5.74) is 2.64. The lowest BCUT2D eigenvalue weighted by Gasteiger charge is -2.02. The SMILES string of the molecule is C=NN/C(C)=C\CC(F)(F)F. The van der Waals surface area contributed by atoms with Crippen LogP contribution in [0.4, 0.5) is 13.2 Å². The second kappa shape index (κ2) is 4.00. The highest BCUT2D eigenvalue weighted by atomic mass is 19.4. The van der Waals surface area contributed by atoms with Crippen molar-refractivity contribution in [3.8, 4) is 0 Å². The number of rotatable bonds is 3. The molecule has 0 heterocycles. The Morgan fingerprint density at radius 1 is 1.64 bits per heavy atom. The van der Waals surface area contributed by atoms with Gasteiger partial charge < -0.3 is 0 Å². The highest BCUT2D eigenvalue weighted by Crippen LogP contribution is 2.20. The molecule has 0 amide bonds. The molecule has 0 fully saturated rings. The second-order valence-electron chi connectivity index (χ2n) is 1.98. The number of nitrogens with zero attached hydrogens (tertiary/aromatic N) is 1. The van der Waals surface area contributed by atoms with Gasteiger partial charge in [0.25, 0.3) is 0 Å². The zero-order valence-electron chi connectivity index (χ0n) is 6.07. The van der Waals surface area contributed by atoms with Gasteiger partial charge in [-0.1, -0.05) is 6.08 Å². The highest BCUT2D eigenvalue weighted by molar-refractivity contribution is 5.23. The molecule has 11 heavy (non-hydrogen) atoms. The quantitative estimate of drug-likeness (QED) is 0.503. The van der Waals surface area contributed by atoms with Gasteiger partial charge in [-0.05, 0) is 6.92 Å². The molecule has 0 saturated heterocycles. The summed E-state index contributed by atoms with van der Waals surface area (Å²) >= 11 is 0. The van der Waals surface area contributed by atoms with Gasteiger partial charge >= 0.3 is 6.18 Å². The van der Waals surface area contributed by atoms with Gasteiger partial charge in [0.05, 0.1) is 6.42 Å². The fourth-order valence-electron chi connectivity index (χ4n) is 0.439. The molecule has 5 heteroatoms. The van der Waals surface area contributed by atoms with Gasteiger partial charge in [-0.15, -0.1) is 0 Å². The Morgan fingerprint density at radius 2 is 2.18 bits per heavy atom. The van der Waals surface area contributed by atoms with Crippen LogP contribution in [0.1, 0.15) is 13.3 Å². The number of hydrogen-bond donors (Lipinski definition) is 1. The van der Waals surface area contributed by atoms with Crippen LogP contribution in [0.5, 0.6) is 0 Å². The molecule has 0 radical (unpaired) electrons. The Kier molecular flexibility index (Phi) is 3.64. The average molecular weight is 166 g/mol. The fourth-order valence-corrected chi connectivity index (χ4v) is 0.439. The minimum Gasteiger partial charge on any atom is -0.284 e. The molecule has 0 aromatic carbocycles. The lowest BCUT2D eigenvalue weighted by Crippen LogP contribution is -2.07. The predicted molar refractivity (Wildman–Crippen MR) is 37.1 cm³/mol. The van der Waals surface area contributed by atoms with E-state index in [9.17, 15) is 13.2 Å². The predicted octanol–water partition coefficient (Wildman–Crippen LogP) is 2.05. The van der Waals surface area contributed by atoms with E-state index in [0.717, 1.165) is 6.08 Å². The van der Waals surface area contributed by atoms with Gasteiger partial charge in [-0.2, -0.15) is 18.3 Å². The van der Waals surface area contributed by atoms with Crippen LogP contribution >= 0.6 is 0 Å². The number of hydrazone groups is 1. The van der Waals surface area contributed by atoms with Crippen LogP contribution in [0.25, 0.3) is 0 Å². The Bertz CT molecular complexity index is 160. The normalized spacial score (nSPS) is 12.9. The monoisotopic (exact) mass is 166 g/mol. The van der Waals surface area contributed by atoms with E-state index in [2.05, 4.69) is 17.2 Å². The summed E-state index contributed by atoms with van der Waals surface area (Å²) in [5.74, 6) is 0. The van der Waals surface area contributed by atoms with Crippen molar-refractivity contribution in [3.05, 3.63) is 11.8 Å². The van der Waals surface area contributed by atoms with Crippen molar-refractivity contribution in [2.24, 2.45) is 5.10 Å². The standard InChI is InChI=1S/C6H9F3N2/c1-5(11-10-2)3-4-6(7,8)9/h3,11H,2,4H2,1H3/b5-3-. The van der Waals surface area contributed by atoms with Crippen LogP contribution in [-0.2, 0) is 0 Å². The number of alkyl halides is 3. The fraction of sp³-hybridized carbons (Fsp3) is 0.500. The van der Waals surface area contributed by atoms with Gasteiger partial charge in [0.15, 0.2) is 0 Å². The minimum atomic E-state index is -4.15. The van der Waals surface area contributed by atoms with E-state index in [1.165, 1.54) is 6.92 Å². The minimum absolute atomic E-state index is 0.345. The van der Waals surface area contributed by atoms with Crippen LogP contribution in [0.15, 0.2) is 16.9 Å². The number of hydrogen-bond acceptors (Lipinski definition) is 2. The third kappa shape index (κ3) is 6.89. The summed E-state index contributed by atoms with van der Waals surface area (Å²) in [6, 6.07) is 0. The highest BCUT2D eigenvalue weighted by Gasteiger charge is 2.24. The summed E-state index contributed by atoms with van der Waals surface area (Å²) < 4.78 is 34.6. The van der Waals surface area contributed by atoms with Crippen molar-refractivity contribution in [2.45, 2.75) is 19.5 Å². The van der Waals surface area contributed by atoms with E-state index in [1.807, 2.05) is 0 Å². The van der Waals surface area contributed by atoms with E-state index >= 15 is 0 Å². The molecular weight excluding hydrogens is 157 g/mol. The molecule has 0 aromatic rings. The molecule has 0 rings (SSSR count). The molecule has 0 aromatic heterocycles. The summed E-state index contributed by atoms with van der Waals surface area (Å²) in [6.45, 7) is 4.55. The van der Waals surface area contributed by atoms with Gasteiger partial charge in [-0.3, -0.25) is 5.43 Å². The van der Waals surface area contributed by atoms with Crippen LogP contribution < -0.4 is 5.43 Å². The van der Waals surface area contributed by atoms with E-state index in [0.29, 0.717) is 5.70 Å². The first kappa shape index (κ1) is 10.0. The largest absolute Gasteiger partial charge is 0.392 e. The molecule has 0 aliphatic heterocycles. The Labute approximate surface area is 62.8 Å². The van der Waals surface area contributed by atoms with Gasteiger partial charge in [0.2, 0.25) is 0 Å². The van der Waals surface area contributed by atoms with E-state index < -0.39 is 12.6 Å². The number of nitrogens with one attached hydrogen (secondary N) is 1. The van der Waals surface area contributed by atoms with Crippen LogP contribution in [0.2, 0.25) is 0 Å². The van der Waals surface area contributed by atoms with Gasteiger partial charge in [0, 0.05) is 12.4 Å². The zero-order chi connectivity index (χ0) is 8.91. The topological polar surface area (TPSA) is 24.4 Å². The molecule has 0 aliphatic rings. The van der Waals surface area contributed by atoms with Crippen molar-refractivity contribution in [1.82, 2.24) is 5.43 Å². The smallest absolute Gasteiger partial charge is 0.284 e. The summed E-state index contributed by atoms with van der Waals surface area (Å²) in [4.78, 5) is 0. The molecule has 64 valence electrons. The third-order valence-electron chi connectivity index (χ3n) is 0.895. The average Bonchev–Trinajstić information content (AvgIpc) is 1.83. The number of halogens is 3. The van der Waals surface area contributed by atoms with E-state index in [1.54, 1.807) is 0 Å². The lowest BCUT2D eigenvalue weighted by molar-refractivity contribution is -0.125. The van der Waals surface area contributed by atoms with Gasteiger partial charge in [0.1, 0.15) is 0 Å². The maximum Gasteiger partial charge on any atom is 0.392 e. The molecule has 0 atom stereocenters. The van der Waals surface area contributed by atoms with Crippen LogP contribution in [0.3, 0.4) is 0 Å². The first-order valence-electron chi connectivity index (χ1n) is 2.91. The van der Waals surface area contributed by atoms with Crippen molar-refractivity contribution in [1.29, 1.82) is 0 Å². The maximum atomic E-state index is 11.5. The zero-order valence-corrected chi connectivity index (χ0v) is 6.07. The van der Waals surface area contributed by atoms with Crippen molar-refractivity contribution in [2.75, 3.05) is 0 Å². The molecule has 0 saturated carbocycles. The summed E-state index contributed by atoms with van der Waals surface area (Å²) in [6.07, 6.45) is -4.08. The van der Waals surface area contributed by atoms with Crippen molar-refractivity contribution < 1.29 is 13.2 Å². The van der Waals surface area contributed by atoms with E-state index in [4.69, 9.17) is 0 Å². The maximum absolute atomic E-state index is 11.5. The Hall–Kier alpha value is -1.00. The van der Waals surface area contributed by atoms with Gasteiger partial charge in [-0.25, -0.2) is 0 Å². The Balaban J connectivity index is 3.82. The molecule has 2 nitrogen and oxygen atoms in total. The molecule has 1 N–H and O–H groups in total. The number of allylic oxidation sites excluding steroid dienone is 2. The molecule has 0 aliphatic carbocycles. The van der Waals surface area contributed by atoms with E-state index in [-0.39, 0.29) is 0 Å². The first-order chi connectivity index (χ1) is 4.95. The summed E-state index contributed by atoms with van der Waals surface area (Å²) in [5, 5.41) is 3.20. The Morgan fingerprint density at radius 3 is 2.55 bits per heavy atom. The first-order valence-corrected chi connectivity index (χ1v) is 2.91.